The lowest BCUT2D eigenvalue weighted by Gasteiger charge is -2.12. The Hall–Kier alpha value is -2.27. The van der Waals surface area contributed by atoms with E-state index in [2.05, 4.69) is 4.98 Å². The van der Waals surface area contributed by atoms with Gasteiger partial charge in [0.05, 0.1) is 12.2 Å². The molecule has 0 spiro atoms. The number of ether oxygens (including phenoxy) is 2. The number of esters is 1. The molecule has 0 aliphatic rings. The second-order valence-electron chi connectivity index (χ2n) is 4.31. The summed E-state index contributed by atoms with van der Waals surface area (Å²) < 4.78 is 10.6. The van der Waals surface area contributed by atoms with Crippen LogP contribution in [0.1, 0.15) is 22.8 Å². The standard InChI is InChI=1S/C15H15ClN2O3/c1-3-20-15(19)11-6-7-18-14(13(11)17)21-12-5-4-10(16)8-9(12)2/h4-8H,3,17H2,1-2H3. The largest absolute Gasteiger partial charge is 0.462 e. The molecule has 1 aromatic carbocycles. The summed E-state index contributed by atoms with van der Waals surface area (Å²) in [6.45, 7) is 3.85. The van der Waals surface area contributed by atoms with Gasteiger partial charge in [-0.05, 0) is 43.7 Å². The molecule has 0 aliphatic carbocycles. The van der Waals surface area contributed by atoms with Crippen molar-refractivity contribution in [2.24, 2.45) is 0 Å². The minimum atomic E-state index is -0.505. The van der Waals surface area contributed by atoms with Crippen molar-refractivity contribution in [3.63, 3.8) is 0 Å². The maximum Gasteiger partial charge on any atom is 0.340 e. The van der Waals surface area contributed by atoms with Crippen LogP contribution in [0.25, 0.3) is 0 Å². The molecule has 0 aliphatic heterocycles. The van der Waals surface area contributed by atoms with E-state index in [0.717, 1.165) is 5.56 Å². The minimum absolute atomic E-state index is 0.144. The van der Waals surface area contributed by atoms with Crippen molar-refractivity contribution in [3.05, 3.63) is 46.6 Å². The highest BCUT2D eigenvalue weighted by atomic mass is 35.5. The summed E-state index contributed by atoms with van der Waals surface area (Å²) in [6, 6.07) is 6.68. The molecule has 0 fully saturated rings. The maximum atomic E-state index is 11.8. The zero-order valence-electron chi connectivity index (χ0n) is 11.7. The third kappa shape index (κ3) is 3.44. The molecular formula is C15H15ClN2O3. The fraction of sp³-hybridized carbons (Fsp3) is 0.200. The zero-order chi connectivity index (χ0) is 15.4. The number of benzene rings is 1. The minimum Gasteiger partial charge on any atom is -0.462 e. The second-order valence-corrected chi connectivity index (χ2v) is 4.75. The average molecular weight is 307 g/mol. The molecule has 110 valence electrons. The Kier molecular flexibility index (Phi) is 4.65. The Bertz CT molecular complexity index is 674. The predicted octanol–water partition coefficient (Wildman–Crippen LogP) is 3.59. The number of hydrogen-bond acceptors (Lipinski definition) is 5. The van der Waals surface area contributed by atoms with Crippen LogP contribution in [0, 0.1) is 6.92 Å². The van der Waals surface area contributed by atoms with Crippen LogP contribution in [0.3, 0.4) is 0 Å². The highest BCUT2D eigenvalue weighted by molar-refractivity contribution is 6.30. The van der Waals surface area contributed by atoms with Crippen LogP contribution in [-0.2, 0) is 4.74 Å². The molecular weight excluding hydrogens is 292 g/mol. The Labute approximate surface area is 127 Å². The molecule has 2 aromatic rings. The van der Waals surface area contributed by atoms with E-state index in [1.807, 2.05) is 6.92 Å². The van der Waals surface area contributed by atoms with Gasteiger partial charge in [-0.15, -0.1) is 0 Å². The molecule has 0 unspecified atom stereocenters. The number of pyridine rings is 1. The number of carbonyl (C=O) groups excluding carboxylic acids is 1. The fourth-order valence-electron chi connectivity index (χ4n) is 1.75. The van der Waals surface area contributed by atoms with Crippen LogP contribution in [-0.4, -0.2) is 17.6 Å². The average Bonchev–Trinajstić information content (AvgIpc) is 2.44. The number of halogens is 1. The first kappa shape index (κ1) is 15.1. The van der Waals surface area contributed by atoms with Gasteiger partial charge < -0.3 is 15.2 Å². The van der Waals surface area contributed by atoms with E-state index >= 15 is 0 Å². The molecule has 2 rings (SSSR count). The molecule has 1 heterocycles. The summed E-state index contributed by atoms with van der Waals surface area (Å²) in [4.78, 5) is 15.8. The van der Waals surface area contributed by atoms with Crippen molar-refractivity contribution in [1.29, 1.82) is 0 Å². The molecule has 0 saturated carbocycles. The Morgan fingerprint density at radius 1 is 1.38 bits per heavy atom. The van der Waals surface area contributed by atoms with Crippen LogP contribution < -0.4 is 10.5 Å². The normalized spacial score (nSPS) is 10.2. The highest BCUT2D eigenvalue weighted by Crippen LogP contribution is 2.31. The summed E-state index contributed by atoms with van der Waals surface area (Å²) in [5.41, 5.74) is 7.14. The smallest absolute Gasteiger partial charge is 0.340 e. The van der Waals surface area contributed by atoms with Gasteiger partial charge in [0.2, 0.25) is 5.88 Å². The van der Waals surface area contributed by atoms with E-state index in [1.165, 1.54) is 12.3 Å². The lowest BCUT2D eigenvalue weighted by molar-refractivity contribution is 0.0527. The SMILES string of the molecule is CCOC(=O)c1ccnc(Oc2ccc(Cl)cc2C)c1N. The van der Waals surface area contributed by atoms with Gasteiger partial charge in [-0.25, -0.2) is 9.78 Å². The van der Waals surface area contributed by atoms with E-state index in [-0.39, 0.29) is 23.7 Å². The van der Waals surface area contributed by atoms with Crippen LogP contribution in [0.5, 0.6) is 11.6 Å². The molecule has 0 radical (unpaired) electrons. The Morgan fingerprint density at radius 2 is 2.14 bits per heavy atom. The number of nitrogens with two attached hydrogens (primary N) is 1. The van der Waals surface area contributed by atoms with E-state index in [1.54, 1.807) is 25.1 Å². The molecule has 6 heteroatoms. The number of aryl methyl sites for hydroxylation is 1. The van der Waals surface area contributed by atoms with Crippen molar-refractivity contribution in [2.45, 2.75) is 13.8 Å². The number of aromatic nitrogens is 1. The molecule has 0 atom stereocenters. The van der Waals surface area contributed by atoms with E-state index in [9.17, 15) is 4.79 Å². The van der Waals surface area contributed by atoms with Crippen LogP contribution >= 0.6 is 11.6 Å². The number of nitrogens with zero attached hydrogens (tertiary/aromatic N) is 1. The molecule has 0 bridgehead atoms. The summed E-state index contributed by atoms with van der Waals surface area (Å²) in [7, 11) is 0. The van der Waals surface area contributed by atoms with Gasteiger partial charge in [-0.2, -0.15) is 0 Å². The van der Waals surface area contributed by atoms with Crippen molar-refractivity contribution in [3.8, 4) is 11.6 Å². The van der Waals surface area contributed by atoms with E-state index in [0.29, 0.717) is 10.8 Å². The third-order valence-electron chi connectivity index (χ3n) is 2.79. The first-order valence-corrected chi connectivity index (χ1v) is 6.76. The maximum absolute atomic E-state index is 11.8. The molecule has 1 aromatic heterocycles. The fourth-order valence-corrected chi connectivity index (χ4v) is 1.98. The lowest BCUT2D eigenvalue weighted by Crippen LogP contribution is -2.09. The summed E-state index contributed by atoms with van der Waals surface area (Å²) >= 11 is 5.90. The number of rotatable bonds is 4. The molecule has 21 heavy (non-hydrogen) atoms. The van der Waals surface area contributed by atoms with Crippen LogP contribution in [0.2, 0.25) is 5.02 Å². The zero-order valence-corrected chi connectivity index (χ0v) is 12.5. The lowest BCUT2D eigenvalue weighted by atomic mass is 10.2. The summed E-state index contributed by atoms with van der Waals surface area (Å²) in [5.74, 6) is 0.223. The van der Waals surface area contributed by atoms with Crippen molar-refractivity contribution in [2.75, 3.05) is 12.3 Å². The summed E-state index contributed by atoms with van der Waals surface area (Å²) in [6.07, 6.45) is 1.45. The third-order valence-corrected chi connectivity index (χ3v) is 3.03. The van der Waals surface area contributed by atoms with Gasteiger partial charge in [0.15, 0.2) is 0 Å². The number of nitrogen functional groups attached to an aromatic ring is 1. The van der Waals surface area contributed by atoms with Crippen LogP contribution in [0.4, 0.5) is 5.69 Å². The number of anilines is 1. The number of carbonyl (C=O) groups is 1. The highest BCUT2D eigenvalue weighted by Gasteiger charge is 2.16. The van der Waals surface area contributed by atoms with E-state index < -0.39 is 5.97 Å². The molecule has 2 N–H and O–H groups in total. The van der Waals surface area contributed by atoms with Gasteiger partial charge in [0.1, 0.15) is 11.4 Å². The Balaban J connectivity index is 2.32. The first-order valence-electron chi connectivity index (χ1n) is 6.38. The van der Waals surface area contributed by atoms with E-state index in [4.69, 9.17) is 26.8 Å². The molecule has 0 amide bonds. The van der Waals surface area contributed by atoms with Crippen molar-refractivity contribution >= 4 is 23.3 Å². The van der Waals surface area contributed by atoms with Gasteiger partial charge in [-0.3, -0.25) is 0 Å². The number of hydrogen-bond donors (Lipinski definition) is 1. The second kappa shape index (κ2) is 6.45. The van der Waals surface area contributed by atoms with Gasteiger partial charge in [0.25, 0.3) is 0 Å². The monoisotopic (exact) mass is 306 g/mol. The first-order chi connectivity index (χ1) is 10.0. The van der Waals surface area contributed by atoms with Crippen molar-refractivity contribution in [1.82, 2.24) is 4.98 Å². The summed E-state index contributed by atoms with van der Waals surface area (Å²) in [5, 5.41) is 0.612. The van der Waals surface area contributed by atoms with Gasteiger partial charge in [0, 0.05) is 11.2 Å². The molecule has 0 saturated heterocycles. The van der Waals surface area contributed by atoms with Crippen LogP contribution in [0.15, 0.2) is 30.5 Å². The van der Waals surface area contributed by atoms with Gasteiger partial charge in [-0.1, -0.05) is 11.6 Å². The quantitative estimate of drug-likeness (QED) is 0.874. The van der Waals surface area contributed by atoms with Crippen molar-refractivity contribution < 1.29 is 14.3 Å². The topological polar surface area (TPSA) is 74.4 Å². The Morgan fingerprint density at radius 3 is 2.81 bits per heavy atom. The molecule has 5 nitrogen and oxygen atoms in total. The van der Waals surface area contributed by atoms with Gasteiger partial charge >= 0.3 is 5.97 Å². The predicted molar refractivity (Wildman–Crippen MR) is 80.9 cm³/mol.